The fraction of sp³-hybridized carbons (Fsp3) is 0.531. The van der Waals surface area contributed by atoms with Crippen molar-refractivity contribution in [2.24, 2.45) is 5.92 Å². The van der Waals surface area contributed by atoms with Crippen LogP contribution in [0.15, 0.2) is 48.5 Å². The minimum atomic E-state index is -0.908. The molecule has 0 aliphatic carbocycles. The number of carbonyl (C=O) groups is 3. The summed E-state index contributed by atoms with van der Waals surface area (Å²) in [6.45, 7) is 19.2. The molecule has 0 saturated carbocycles. The van der Waals surface area contributed by atoms with Gasteiger partial charge in [-0.2, -0.15) is 0 Å². The fourth-order valence-corrected chi connectivity index (χ4v) is 4.63. The first kappa shape index (κ1) is 31.9. The molecular weight excluding hydrogens is 490 g/mol. The molecule has 2 N–H and O–H groups in total. The summed E-state index contributed by atoms with van der Waals surface area (Å²) < 4.78 is 5.50. The van der Waals surface area contributed by atoms with E-state index in [0.29, 0.717) is 13.0 Å². The summed E-state index contributed by atoms with van der Waals surface area (Å²) in [7, 11) is 0. The van der Waals surface area contributed by atoms with Gasteiger partial charge in [-0.15, -0.1) is 0 Å². The zero-order valence-corrected chi connectivity index (χ0v) is 25.3. The summed E-state index contributed by atoms with van der Waals surface area (Å²) in [5, 5.41) is 5.89. The van der Waals surface area contributed by atoms with Crippen molar-refractivity contribution < 1.29 is 19.1 Å². The van der Waals surface area contributed by atoms with Crippen molar-refractivity contribution in [3.63, 3.8) is 0 Å². The second kappa shape index (κ2) is 13.1. The maximum atomic E-state index is 14.5. The Kier molecular flexibility index (Phi) is 10.7. The first-order valence-electron chi connectivity index (χ1n) is 13.8. The Hall–Kier alpha value is -3.35. The van der Waals surface area contributed by atoms with Gasteiger partial charge in [0.05, 0.1) is 0 Å². The lowest BCUT2D eigenvalue weighted by molar-refractivity contribution is -0.149. The molecule has 3 atom stereocenters. The number of rotatable bonds is 9. The Morgan fingerprint density at radius 3 is 1.95 bits per heavy atom. The molecule has 0 radical (unpaired) electrons. The summed E-state index contributed by atoms with van der Waals surface area (Å²) in [5.41, 5.74) is 2.11. The number of benzene rings is 2. The molecule has 2 rings (SSSR count). The third-order valence-corrected chi connectivity index (χ3v) is 6.74. The number of nitrogens with one attached hydrogen (secondary N) is 2. The predicted molar refractivity (Wildman–Crippen MR) is 156 cm³/mol. The molecule has 7 heteroatoms. The molecule has 0 aromatic heterocycles. The fourth-order valence-electron chi connectivity index (χ4n) is 4.63. The van der Waals surface area contributed by atoms with Gasteiger partial charge >= 0.3 is 6.09 Å². The lowest BCUT2D eigenvalue weighted by Gasteiger charge is -2.44. The van der Waals surface area contributed by atoms with Gasteiger partial charge in [0.15, 0.2) is 0 Å². The average Bonchev–Trinajstić information content (AvgIpc) is 2.83. The van der Waals surface area contributed by atoms with Crippen LogP contribution in [0.3, 0.4) is 0 Å². The van der Waals surface area contributed by atoms with Gasteiger partial charge < -0.3 is 20.3 Å². The van der Waals surface area contributed by atoms with E-state index >= 15 is 0 Å². The third-order valence-electron chi connectivity index (χ3n) is 6.74. The molecule has 2 aromatic rings. The summed E-state index contributed by atoms with van der Waals surface area (Å²) >= 11 is 0. The van der Waals surface area contributed by atoms with Crippen LogP contribution >= 0.6 is 0 Å². The highest BCUT2D eigenvalue weighted by Gasteiger charge is 2.43. The molecule has 0 aliphatic heterocycles. The standard InChI is InChI=1S/C32H47N3O4/c1-11-21(2)26(34-30(38)39-32(8,9)10)29(37)35(31(5,6)7)27(25-22(3)16-15-17-23(25)4)28(36)33-20-24-18-13-12-14-19-24/h12-19,21,26-27H,11,20H2,1-10H3,(H,33,36)(H,34,38). The number of carbonyl (C=O) groups excluding carboxylic acids is 3. The van der Waals surface area contributed by atoms with E-state index in [1.54, 1.807) is 25.7 Å². The van der Waals surface area contributed by atoms with Crippen LogP contribution in [0.25, 0.3) is 0 Å². The molecule has 0 saturated heterocycles. The summed E-state index contributed by atoms with van der Waals surface area (Å²) in [5.74, 6) is -0.800. The zero-order valence-electron chi connectivity index (χ0n) is 25.3. The third kappa shape index (κ3) is 8.84. The molecule has 2 aromatic carbocycles. The lowest BCUT2D eigenvalue weighted by atomic mass is 9.88. The Morgan fingerprint density at radius 2 is 1.46 bits per heavy atom. The van der Waals surface area contributed by atoms with Gasteiger partial charge in [0.2, 0.25) is 11.8 Å². The second-order valence-electron chi connectivity index (χ2n) is 12.3. The van der Waals surface area contributed by atoms with E-state index in [9.17, 15) is 14.4 Å². The molecule has 0 heterocycles. The molecule has 0 spiro atoms. The molecule has 0 fully saturated rings. The van der Waals surface area contributed by atoms with E-state index in [-0.39, 0.29) is 17.7 Å². The quantitative estimate of drug-likeness (QED) is 0.397. The van der Waals surface area contributed by atoms with Crippen LogP contribution in [0.4, 0.5) is 4.79 Å². The summed E-state index contributed by atoms with van der Waals surface area (Å²) in [4.78, 5) is 43.0. The number of hydrogen-bond acceptors (Lipinski definition) is 4. The Morgan fingerprint density at radius 1 is 0.897 bits per heavy atom. The van der Waals surface area contributed by atoms with E-state index in [2.05, 4.69) is 10.6 Å². The van der Waals surface area contributed by atoms with Gasteiger partial charge in [-0.05, 0) is 83.6 Å². The average molecular weight is 538 g/mol. The molecule has 214 valence electrons. The number of amides is 3. The van der Waals surface area contributed by atoms with Crippen LogP contribution in [0.1, 0.15) is 90.1 Å². The first-order valence-corrected chi connectivity index (χ1v) is 13.8. The smallest absolute Gasteiger partial charge is 0.408 e. The Balaban J connectivity index is 2.61. The van der Waals surface area contributed by atoms with Crippen molar-refractivity contribution in [2.45, 2.75) is 105 Å². The van der Waals surface area contributed by atoms with E-state index in [1.165, 1.54) is 0 Å². The van der Waals surface area contributed by atoms with Crippen molar-refractivity contribution in [1.29, 1.82) is 0 Å². The van der Waals surface area contributed by atoms with Crippen LogP contribution in [0.2, 0.25) is 0 Å². The van der Waals surface area contributed by atoms with Crippen LogP contribution in [0.5, 0.6) is 0 Å². The zero-order chi connectivity index (χ0) is 29.5. The van der Waals surface area contributed by atoms with Crippen molar-refractivity contribution in [1.82, 2.24) is 15.5 Å². The second-order valence-corrected chi connectivity index (χ2v) is 12.3. The highest BCUT2D eigenvalue weighted by molar-refractivity contribution is 5.93. The van der Waals surface area contributed by atoms with Gasteiger partial charge in [0.25, 0.3) is 0 Å². The molecule has 0 aliphatic rings. The Labute approximate surface area is 234 Å². The van der Waals surface area contributed by atoms with Crippen LogP contribution < -0.4 is 10.6 Å². The van der Waals surface area contributed by atoms with E-state index in [4.69, 9.17) is 4.74 Å². The van der Waals surface area contributed by atoms with Gasteiger partial charge in [0, 0.05) is 12.1 Å². The maximum absolute atomic E-state index is 14.5. The van der Waals surface area contributed by atoms with E-state index in [1.807, 2.05) is 97.0 Å². The van der Waals surface area contributed by atoms with Crippen LogP contribution in [0, 0.1) is 19.8 Å². The number of hydrogen-bond donors (Lipinski definition) is 2. The predicted octanol–water partition coefficient (Wildman–Crippen LogP) is 6.23. The van der Waals surface area contributed by atoms with Crippen LogP contribution in [-0.2, 0) is 20.9 Å². The van der Waals surface area contributed by atoms with Gasteiger partial charge in [-0.1, -0.05) is 68.8 Å². The summed E-state index contributed by atoms with van der Waals surface area (Å²) in [6.07, 6.45) is -0.00880. The Bertz CT molecular complexity index is 1110. The van der Waals surface area contributed by atoms with Gasteiger partial charge in [-0.25, -0.2) is 4.79 Å². The summed E-state index contributed by atoms with van der Waals surface area (Å²) in [6, 6.07) is 13.7. The van der Waals surface area contributed by atoms with Gasteiger partial charge in [0.1, 0.15) is 17.7 Å². The first-order chi connectivity index (χ1) is 18.1. The van der Waals surface area contributed by atoms with E-state index < -0.39 is 29.3 Å². The van der Waals surface area contributed by atoms with Crippen molar-refractivity contribution >= 4 is 17.9 Å². The number of alkyl carbamates (subject to hydrolysis) is 1. The van der Waals surface area contributed by atoms with Crippen molar-refractivity contribution in [3.05, 3.63) is 70.8 Å². The molecule has 7 nitrogen and oxygen atoms in total. The number of ether oxygens (including phenoxy) is 1. The molecule has 3 amide bonds. The normalized spacial score (nSPS) is 14.1. The lowest BCUT2D eigenvalue weighted by Crippen LogP contribution is -2.60. The molecule has 3 unspecified atom stereocenters. The highest BCUT2D eigenvalue weighted by atomic mass is 16.6. The maximum Gasteiger partial charge on any atom is 0.408 e. The molecule has 0 bridgehead atoms. The minimum Gasteiger partial charge on any atom is -0.444 e. The molecule has 39 heavy (non-hydrogen) atoms. The van der Waals surface area contributed by atoms with E-state index in [0.717, 1.165) is 22.3 Å². The van der Waals surface area contributed by atoms with Crippen molar-refractivity contribution in [3.8, 4) is 0 Å². The topological polar surface area (TPSA) is 87.7 Å². The number of aryl methyl sites for hydroxylation is 2. The largest absolute Gasteiger partial charge is 0.444 e. The monoisotopic (exact) mass is 537 g/mol. The van der Waals surface area contributed by atoms with Crippen LogP contribution in [-0.4, -0.2) is 40.0 Å². The number of nitrogens with zero attached hydrogens (tertiary/aromatic N) is 1. The van der Waals surface area contributed by atoms with Gasteiger partial charge in [-0.3, -0.25) is 9.59 Å². The van der Waals surface area contributed by atoms with Crippen molar-refractivity contribution in [2.75, 3.05) is 0 Å². The minimum absolute atomic E-state index is 0.194. The SMILES string of the molecule is CCC(C)C(NC(=O)OC(C)(C)C)C(=O)N(C(C(=O)NCc1ccccc1)c1c(C)cccc1C)C(C)(C)C. The molecular formula is C32H47N3O4. The highest BCUT2D eigenvalue weighted by Crippen LogP contribution is 2.34.